The first-order chi connectivity index (χ1) is 12.9. The molecule has 4 rings (SSSR count). The van der Waals surface area contributed by atoms with E-state index in [9.17, 15) is 13.2 Å². The summed E-state index contributed by atoms with van der Waals surface area (Å²) in [6, 6.07) is 12.1. The van der Waals surface area contributed by atoms with Gasteiger partial charge in [-0.1, -0.05) is 17.7 Å². The molecule has 0 bridgehead atoms. The molecule has 0 spiro atoms. The average molecular weight is 405 g/mol. The number of carbonyl (C=O) groups excluding carboxylic acids is 1. The molecule has 0 unspecified atom stereocenters. The van der Waals surface area contributed by atoms with E-state index in [0.717, 1.165) is 19.3 Å². The Kier molecular flexibility index (Phi) is 4.97. The highest BCUT2D eigenvalue weighted by Crippen LogP contribution is 2.24. The molecule has 2 aromatic carbocycles. The van der Waals surface area contributed by atoms with Crippen LogP contribution in [0.4, 0.5) is 0 Å². The molecule has 1 heterocycles. The molecule has 0 radical (unpaired) electrons. The predicted octanol–water partition coefficient (Wildman–Crippen LogP) is 2.98. The van der Waals surface area contributed by atoms with E-state index in [1.165, 1.54) is 27.6 Å². The quantitative estimate of drug-likeness (QED) is 0.790. The second-order valence-corrected chi connectivity index (χ2v) is 9.36. The Hall–Kier alpha value is -1.89. The van der Waals surface area contributed by atoms with Crippen molar-refractivity contribution in [2.75, 3.05) is 26.2 Å². The first-order valence-corrected chi connectivity index (χ1v) is 10.9. The molecule has 27 heavy (non-hydrogen) atoms. The van der Waals surface area contributed by atoms with Crippen molar-refractivity contribution in [3.8, 4) is 0 Å². The van der Waals surface area contributed by atoms with Crippen LogP contribution in [0.5, 0.6) is 0 Å². The Bertz CT molecular complexity index is 965. The third-order valence-electron chi connectivity index (χ3n) is 5.32. The van der Waals surface area contributed by atoms with E-state index in [2.05, 4.69) is 6.07 Å². The van der Waals surface area contributed by atoms with Crippen LogP contribution in [-0.4, -0.2) is 49.7 Å². The number of fused-ring (bicyclic) bond motifs is 1. The zero-order valence-corrected chi connectivity index (χ0v) is 16.5. The number of carbonyl (C=O) groups is 1. The van der Waals surface area contributed by atoms with Crippen molar-refractivity contribution in [2.45, 2.75) is 24.2 Å². The Morgan fingerprint density at radius 3 is 2.26 bits per heavy atom. The summed E-state index contributed by atoms with van der Waals surface area (Å²) >= 11 is 5.84. The monoisotopic (exact) mass is 404 g/mol. The van der Waals surface area contributed by atoms with Gasteiger partial charge in [-0.2, -0.15) is 4.31 Å². The maximum Gasteiger partial charge on any atom is 0.253 e. The Balaban J connectivity index is 1.44. The number of benzene rings is 2. The molecule has 1 aliphatic carbocycles. The number of sulfonamides is 1. The molecule has 0 aromatic heterocycles. The lowest BCUT2D eigenvalue weighted by Crippen LogP contribution is -2.50. The SMILES string of the molecule is O=C(c1ccc2c(c1)CCC2)N1CCN(S(=O)(=O)c2ccc(Cl)cc2)CC1. The summed E-state index contributed by atoms with van der Waals surface area (Å²) in [6.45, 7) is 1.37. The van der Waals surface area contributed by atoms with Gasteiger partial charge in [0, 0.05) is 36.8 Å². The third kappa shape index (κ3) is 3.61. The number of piperazine rings is 1. The maximum absolute atomic E-state index is 12.8. The van der Waals surface area contributed by atoms with Crippen LogP contribution in [0.25, 0.3) is 0 Å². The van der Waals surface area contributed by atoms with Gasteiger partial charge in [0.2, 0.25) is 10.0 Å². The smallest absolute Gasteiger partial charge is 0.253 e. The highest BCUT2D eigenvalue weighted by atomic mass is 35.5. The molecule has 2 aliphatic rings. The van der Waals surface area contributed by atoms with E-state index in [4.69, 9.17) is 11.6 Å². The molecule has 5 nitrogen and oxygen atoms in total. The Labute approximate surface area is 164 Å². The summed E-state index contributed by atoms with van der Waals surface area (Å²) in [5.41, 5.74) is 3.31. The fourth-order valence-corrected chi connectivity index (χ4v) is 5.32. The summed E-state index contributed by atoms with van der Waals surface area (Å²) in [5.74, 6) is -0.0201. The molecule has 7 heteroatoms. The molecule has 1 saturated heterocycles. The summed E-state index contributed by atoms with van der Waals surface area (Å²) in [5, 5.41) is 0.499. The van der Waals surface area contributed by atoms with Crippen molar-refractivity contribution in [3.63, 3.8) is 0 Å². The number of nitrogens with zero attached hydrogens (tertiary/aromatic N) is 2. The number of rotatable bonds is 3. The molecule has 142 valence electrons. The first kappa shape index (κ1) is 18.5. The van der Waals surface area contributed by atoms with Gasteiger partial charge in [0.05, 0.1) is 4.90 Å². The van der Waals surface area contributed by atoms with Crippen molar-refractivity contribution in [3.05, 3.63) is 64.2 Å². The molecule has 0 N–H and O–H groups in total. The van der Waals surface area contributed by atoms with Gasteiger partial charge in [-0.05, 0) is 66.8 Å². The highest BCUT2D eigenvalue weighted by Gasteiger charge is 2.30. The van der Waals surface area contributed by atoms with E-state index in [1.807, 2.05) is 12.1 Å². The molecule has 0 saturated carbocycles. The Morgan fingerprint density at radius 1 is 0.889 bits per heavy atom. The largest absolute Gasteiger partial charge is 0.336 e. The number of aryl methyl sites for hydroxylation is 2. The summed E-state index contributed by atoms with van der Waals surface area (Å²) in [7, 11) is -3.56. The second-order valence-electron chi connectivity index (χ2n) is 6.99. The molecular formula is C20H21ClN2O3S. The van der Waals surface area contributed by atoms with E-state index in [-0.39, 0.29) is 10.8 Å². The van der Waals surface area contributed by atoms with Crippen molar-refractivity contribution in [1.29, 1.82) is 0 Å². The van der Waals surface area contributed by atoms with Crippen LogP contribution >= 0.6 is 11.6 Å². The van der Waals surface area contributed by atoms with E-state index in [1.54, 1.807) is 17.0 Å². The first-order valence-electron chi connectivity index (χ1n) is 9.12. The van der Waals surface area contributed by atoms with Crippen LogP contribution in [0.3, 0.4) is 0 Å². The highest BCUT2D eigenvalue weighted by molar-refractivity contribution is 7.89. The zero-order chi connectivity index (χ0) is 19.0. The van der Waals surface area contributed by atoms with Gasteiger partial charge in [-0.15, -0.1) is 0 Å². The normalized spacial score (nSPS) is 17.7. The van der Waals surface area contributed by atoms with Crippen molar-refractivity contribution in [1.82, 2.24) is 9.21 Å². The molecular weight excluding hydrogens is 384 g/mol. The van der Waals surface area contributed by atoms with Crippen molar-refractivity contribution in [2.24, 2.45) is 0 Å². The van der Waals surface area contributed by atoms with Crippen molar-refractivity contribution < 1.29 is 13.2 Å². The third-order valence-corrected chi connectivity index (χ3v) is 7.49. The minimum atomic E-state index is -3.56. The lowest BCUT2D eigenvalue weighted by atomic mass is 10.1. The fraction of sp³-hybridized carbons (Fsp3) is 0.350. The number of hydrogen-bond donors (Lipinski definition) is 0. The van der Waals surface area contributed by atoms with Crippen LogP contribution < -0.4 is 0 Å². The van der Waals surface area contributed by atoms with Gasteiger partial charge in [0.25, 0.3) is 5.91 Å². The van der Waals surface area contributed by atoms with Gasteiger partial charge in [0.1, 0.15) is 0 Å². The lowest BCUT2D eigenvalue weighted by molar-refractivity contribution is 0.0698. The topological polar surface area (TPSA) is 57.7 Å². The van der Waals surface area contributed by atoms with Crippen LogP contribution in [0.1, 0.15) is 27.9 Å². The van der Waals surface area contributed by atoms with Gasteiger partial charge >= 0.3 is 0 Å². The fourth-order valence-electron chi connectivity index (χ4n) is 3.77. The number of amides is 1. The molecule has 1 fully saturated rings. The van der Waals surface area contributed by atoms with Crippen LogP contribution in [-0.2, 0) is 22.9 Å². The van der Waals surface area contributed by atoms with Crippen LogP contribution in [0.2, 0.25) is 5.02 Å². The predicted molar refractivity (Wildman–Crippen MR) is 105 cm³/mol. The standard InChI is InChI=1S/C20H21ClN2O3S/c21-18-6-8-19(9-7-18)27(25,26)23-12-10-22(11-13-23)20(24)17-5-4-15-2-1-3-16(15)14-17/h4-9,14H,1-3,10-13H2. The summed E-state index contributed by atoms with van der Waals surface area (Å²) < 4.78 is 26.9. The lowest BCUT2D eigenvalue weighted by Gasteiger charge is -2.34. The van der Waals surface area contributed by atoms with Gasteiger partial charge in [-0.3, -0.25) is 4.79 Å². The number of hydrogen-bond acceptors (Lipinski definition) is 3. The van der Waals surface area contributed by atoms with Crippen LogP contribution in [0.15, 0.2) is 47.4 Å². The van der Waals surface area contributed by atoms with Crippen molar-refractivity contribution >= 4 is 27.5 Å². The van der Waals surface area contributed by atoms with Gasteiger partial charge in [0.15, 0.2) is 0 Å². The average Bonchev–Trinajstić information content (AvgIpc) is 3.15. The van der Waals surface area contributed by atoms with E-state index < -0.39 is 10.0 Å². The molecule has 0 atom stereocenters. The van der Waals surface area contributed by atoms with Gasteiger partial charge < -0.3 is 4.90 Å². The second kappa shape index (κ2) is 7.26. The zero-order valence-electron chi connectivity index (χ0n) is 14.9. The van der Waals surface area contributed by atoms with E-state index in [0.29, 0.717) is 36.8 Å². The minimum absolute atomic E-state index is 0.0201. The minimum Gasteiger partial charge on any atom is -0.336 e. The Morgan fingerprint density at radius 2 is 1.56 bits per heavy atom. The molecule has 1 amide bonds. The summed E-state index contributed by atoms with van der Waals surface area (Å²) in [4.78, 5) is 14.8. The molecule has 2 aromatic rings. The number of halogens is 1. The summed E-state index contributed by atoms with van der Waals surface area (Å²) in [6.07, 6.45) is 3.27. The molecule has 1 aliphatic heterocycles. The van der Waals surface area contributed by atoms with Gasteiger partial charge in [-0.25, -0.2) is 8.42 Å². The maximum atomic E-state index is 12.8. The van der Waals surface area contributed by atoms with Crippen LogP contribution in [0, 0.1) is 0 Å². The van der Waals surface area contributed by atoms with E-state index >= 15 is 0 Å².